The zero-order valence-electron chi connectivity index (χ0n) is 12.6. The van der Waals surface area contributed by atoms with E-state index in [4.69, 9.17) is 4.74 Å². The molecule has 1 amide bonds. The number of aryl methyl sites for hydroxylation is 1. The highest BCUT2D eigenvalue weighted by Gasteiger charge is 2.28. The molecule has 0 saturated heterocycles. The maximum absolute atomic E-state index is 12.3. The Balaban J connectivity index is 2.09. The third kappa shape index (κ3) is 4.73. The van der Waals surface area contributed by atoms with Crippen LogP contribution in [-0.2, 0) is 6.54 Å². The molecule has 0 atom stereocenters. The number of rotatable bonds is 5. The molecule has 1 aromatic heterocycles. The maximum Gasteiger partial charge on any atom is 0.408 e. The third-order valence-corrected chi connectivity index (χ3v) is 2.98. The first-order chi connectivity index (χ1) is 10.8. The molecule has 2 rings (SSSR count). The molecule has 2 aromatic rings. The van der Waals surface area contributed by atoms with Gasteiger partial charge in [-0.1, -0.05) is 6.07 Å². The number of hydrogen-bond donors (Lipinski definition) is 1. The number of ether oxygens (including phenoxy) is 1. The van der Waals surface area contributed by atoms with Crippen molar-refractivity contribution < 1.29 is 22.7 Å². The lowest BCUT2D eigenvalue weighted by Crippen LogP contribution is -2.18. The Morgan fingerprint density at radius 2 is 2.13 bits per heavy atom. The van der Waals surface area contributed by atoms with Crippen molar-refractivity contribution in [3.8, 4) is 5.75 Å². The van der Waals surface area contributed by atoms with Gasteiger partial charge < -0.3 is 10.1 Å². The minimum atomic E-state index is -4.39. The Hall–Kier alpha value is -2.51. The van der Waals surface area contributed by atoms with Gasteiger partial charge in [0, 0.05) is 18.0 Å². The molecule has 1 aromatic carbocycles. The van der Waals surface area contributed by atoms with Crippen molar-refractivity contribution in [3.63, 3.8) is 0 Å². The molecule has 0 fully saturated rings. The van der Waals surface area contributed by atoms with Gasteiger partial charge in [-0.2, -0.15) is 18.3 Å². The van der Waals surface area contributed by atoms with Crippen molar-refractivity contribution in [2.45, 2.75) is 26.6 Å². The van der Waals surface area contributed by atoms with Gasteiger partial charge in [0.1, 0.15) is 12.3 Å². The highest BCUT2D eigenvalue weighted by Crippen LogP contribution is 2.23. The highest BCUT2D eigenvalue weighted by molar-refractivity contribution is 6.04. The smallest absolute Gasteiger partial charge is 0.408 e. The summed E-state index contributed by atoms with van der Waals surface area (Å²) in [7, 11) is 0. The van der Waals surface area contributed by atoms with Gasteiger partial charge in [0.2, 0.25) is 0 Å². The summed E-state index contributed by atoms with van der Waals surface area (Å²) in [6.07, 6.45) is -2.23. The first-order valence-electron chi connectivity index (χ1n) is 6.92. The van der Waals surface area contributed by atoms with E-state index in [1.807, 2.05) is 13.8 Å². The predicted molar refractivity (Wildman–Crippen MR) is 78.6 cm³/mol. The minimum absolute atomic E-state index is 0.0489. The number of amides is 1. The van der Waals surface area contributed by atoms with E-state index in [9.17, 15) is 18.0 Å². The Kier molecular flexibility index (Phi) is 4.92. The molecule has 5 nitrogen and oxygen atoms in total. The van der Waals surface area contributed by atoms with Crippen LogP contribution in [0, 0.1) is 6.92 Å². The molecule has 1 N–H and O–H groups in total. The number of alkyl halides is 3. The summed E-state index contributed by atoms with van der Waals surface area (Å²) in [4.78, 5) is 12.1. The van der Waals surface area contributed by atoms with Crippen LogP contribution in [0.4, 0.5) is 18.9 Å². The molecular weight excluding hydrogens is 311 g/mol. The second-order valence-electron chi connectivity index (χ2n) is 4.91. The second-order valence-corrected chi connectivity index (χ2v) is 4.91. The molecule has 8 heteroatoms. The molecule has 0 radical (unpaired) electrons. The summed E-state index contributed by atoms with van der Waals surface area (Å²) in [5, 5.41) is 6.14. The molecule has 0 spiro atoms. The number of benzene rings is 1. The Labute approximate surface area is 131 Å². The van der Waals surface area contributed by atoms with Crippen LogP contribution >= 0.6 is 0 Å². The fourth-order valence-corrected chi connectivity index (χ4v) is 1.94. The van der Waals surface area contributed by atoms with Crippen LogP contribution in [0.1, 0.15) is 22.8 Å². The van der Waals surface area contributed by atoms with Crippen LogP contribution in [0.2, 0.25) is 0 Å². The molecule has 0 unspecified atom stereocenters. The Morgan fingerprint density at radius 3 is 2.78 bits per heavy atom. The molecular formula is C15H16F3N3O2. The van der Waals surface area contributed by atoms with Crippen LogP contribution in [0.15, 0.2) is 30.6 Å². The van der Waals surface area contributed by atoms with Gasteiger partial charge in [-0.05, 0) is 25.5 Å². The van der Waals surface area contributed by atoms with E-state index in [0.717, 1.165) is 18.0 Å². The quantitative estimate of drug-likeness (QED) is 0.916. The molecule has 1 heterocycles. The number of halogens is 3. The summed E-state index contributed by atoms with van der Waals surface area (Å²) in [5.41, 5.74) is 1.46. The number of carbonyl (C=O) groups excluding carboxylic acids is 1. The van der Waals surface area contributed by atoms with Crippen molar-refractivity contribution in [1.29, 1.82) is 0 Å². The zero-order chi connectivity index (χ0) is 17.0. The van der Waals surface area contributed by atoms with Gasteiger partial charge in [0.15, 0.2) is 0 Å². The SMILES string of the molecule is CCOc1cc(NC(=O)c2cnn(CC(F)(F)F)c2)ccc1C. The third-order valence-electron chi connectivity index (χ3n) is 2.98. The average Bonchev–Trinajstić information content (AvgIpc) is 2.89. The molecule has 0 aliphatic rings. The number of aromatic nitrogens is 2. The maximum atomic E-state index is 12.3. The fourth-order valence-electron chi connectivity index (χ4n) is 1.94. The number of nitrogens with zero attached hydrogens (tertiary/aromatic N) is 2. The molecule has 0 aliphatic heterocycles. The fraction of sp³-hybridized carbons (Fsp3) is 0.333. The van der Waals surface area contributed by atoms with Crippen molar-refractivity contribution in [2.75, 3.05) is 11.9 Å². The predicted octanol–water partition coefficient (Wildman–Crippen LogP) is 3.40. The van der Waals surface area contributed by atoms with Crippen LogP contribution in [0.3, 0.4) is 0 Å². The van der Waals surface area contributed by atoms with Crippen molar-refractivity contribution in [2.24, 2.45) is 0 Å². The van der Waals surface area contributed by atoms with Crippen molar-refractivity contribution >= 4 is 11.6 Å². The lowest BCUT2D eigenvalue weighted by Gasteiger charge is -2.10. The molecule has 0 aliphatic carbocycles. The van der Waals surface area contributed by atoms with E-state index in [1.165, 1.54) is 0 Å². The normalized spacial score (nSPS) is 11.3. The largest absolute Gasteiger partial charge is 0.494 e. The van der Waals surface area contributed by atoms with Gasteiger partial charge in [-0.3, -0.25) is 9.48 Å². The number of carbonyl (C=O) groups is 1. The monoisotopic (exact) mass is 327 g/mol. The Bertz CT molecular complexity index is 696. The van der Waals surface area contributed by atoms with E-state index < -0.39 is 18.6 Å². The van der Waals surface area contributed by atoms with Crippen LogP contribution in [0.5, 0.6) is 5.75 Å². The second kappa shape index (κ2) is 6.72. The van der Waals surface area contributed by atoms with E-state index in [0.29, 0.717) is 22.7 Å². The summed E-state index contributed by atoms with van der Waals surface area (Å²) in [5.74, 6) is 0.0998. The van der Waals surface area contributed by atoms with E-state index >= 15 is 0 Å². The van der Waals surface area contributed by atoms with Crippen molar-refractivity contribution in [3.05, 3.63) is 41.7 Å². The van der Waals surface area contributed by atoms with Gasteiger partial charge in [-0.15, -0.1) is 0 Å². The highest BCUT2D eigenvalue weighted by atomic mass is 19.4. The summed E-state index contributed by atoms with van der Waals surface area (Å²) < 4.78 is 42.9. The molecule has 124 valence electrons. The van der Waals surface area contributed by atoms with E-state index in [1.54, 1.807) is 18.2 Å². The molecule has 0 bridgehead atoms. The van der Waals surface area contributed by atoms with Gasteiger partial charge >= 0.3 is 6.18 Å². The van der Waals surface area contributed by atoms with Crippen LogP contribution < -0.4 is 10.1 Å². The van der Waals surface area contributed by atoms with E-state index in [-0.39, 0.29) is 5.56 Å². The number of hydrogen-bond acceptors (Lipinski definition) is 3. The van der Waals surface area contributed by atoms with Gasteiger partial charge in [0.25, 0.3) is 5.91 Å². The van der Waals surface area contributed by atoms with Crippen molar-refractivity contribution in [1.82, 2.24) is 9.78 Å². The number of nitrogens with one attached hydrogen (secondary N) is 1. The first kappa shape index (κ1) is 16.9. The lowest BCUT2D eigenvalue weighted by molar-refractivity contribution is -0.142. The summed E-state index contributed by atoms with van der Waals surface area (Å²) in [6, 6.07) is 5.14. The van der Waals surface area contributed by atoms with E-state index in [2.05, 4.69) is 10.4 Å². The summed E-state index contributed by atoms with van der Waals surface area (Å²) >= 11 is 0. The standard InChI is InChI=1S/C15H16F3N3O2/c1-3-23-13-6-12(5-4-10(13)2)20-14(22)11-7-19-21(8-11)9-15(16,17)18/h4-8H,3,9H2,1-2H3,(H,20,22). The van der Waals surface area contributed by atoms with Crippen LogP contribution in [0.25, 0.3) is 0 Å². The number of anilines is 1. The Morgan fingerprint density at radius 1 is 1.39 bits per heavy atom. The topological polar surface area (TPSA) is 56.1 Å². The zero-order valence-corrected chi connectivity index (χ0v) is 12.6. The van der Waals surface area contributed by atoms with Crippen LogP contribution in [-0.4, -0.2) is 28.5 Å². The summed E-state index contributed by atoms with van der Waals surface area (Å²) in [6.45, 7) is 2.97. The minimum Gasteiger partial charge on any atom is -0.494 e. The molecule has 0 saturated carbocycles. The molecule has 23 heavy (non-hydrogen) atoms. The first-order valence-corrected chi connectivity index (χ1v) is 6.92. The average molecular weight is 327 g/mol. The van der Waals surface area contributed by atoms with Gasteiger partial charge in [-0.25, -0.2) is 0 Å². The lowest BCUT2D eigenvalue weighted by atomic mass is 10.2. The van der Waals surface area contributed by atoms with Gasteiger partial charge in [0.05, 0.1) is 18.4 Å².